The molecule has 0 saturated heterocycles. The third-order valence-corrected chi connectivity index (χ3v) is 1.69. The molecule has 0 aliphatic carbocycles. The van der Waals surface area contributed by atoms with Crippen molar-refractivity contribution in [2.45, 2.75) is 19.4 Å². The van der Waals surface area contributed by atoms with Gasteiger partial charge in [-0.2, -0.15) is 0 Å². The maximum Gasteiger partial charge on any atom is 0.238 e. The molecule has 0 heterocycles. The van der Waals surface area contributed by atoms with Crippen molar-refractivity contribution in [3.05, 3.63) is 0 Å². The van der Waals surface area contributed by atoms with Crippen LogP contribution in [0.15, 0.2) is 0 Å². The number of likely N-dealkylation sites (N-methyl/N-ethyl adjacent to an activating group) is 1. The van der Waals surface area contributed by atoms with Gasteiger partial charge in [0, 0.05) is 13.6 Å². The Morgan fingerprint density at radius 3 is 2.67 bits per heavy atom. The SMILES string of the molecule is CNCCCN(C)C(=O)[C@@H](C)N. The summed E-state index contributed by atoms with van der Waals surface area (Å²) in [6, 6.07) is -0.385. The largest absolute Gasteiger partial charge is 0.344 e. The molecule has 0 unspecified atom stereocenters. The van der Waals surface area contributed by atoms with Gasteiger partial charge >= 0.3 is 0 Å². The van der Waals surface area contributed by atoms with Gasteiger partial charge in [0.15, 0.2) is 0 Å². The van der Waals surface area contributed by atoms with E-state index in [1.54, 1.807) is 18.9 Å². The monoisotopic (exact) mass is 173 g/mol. The number of rotatable bonds is 5. The van der Waals surface area contributed by atoms with Crippen LogP contribution >= 0.6 is 0 Å². The molecular weight excluding hydrogens is 154 g/mol. The fourth-order valence-corrected chi connectivity index (χ4v) is 0.951. The molecule has 4 nitrogen and oxygen atoms in total. The first-order chi connectivity index (χ1) is 5.59. The molecule has 0 spiro atoms. The molecule has 0 radical (unpaired) electrons. The molecule has 72 valence electrons. The van der Waals surface area contributed by atoms with Gasteiger partial charge in [-0.3, -0.25) is 4.79 Å². The molecule has 0 saturated carbocycles. The number of hydrogen-bond acceptors (Lipinski definition) is 3. The molecule has 12 heavy (non-hydrogen) atoms. The van der Waals surface area contributed by atoms with Crippen LogP contribution in [0.4, 0.5) is 0 Å². The van der Waals surface area contributed by atoms with Gasteiger partial charge in [-0.15, -0.1) is 0 Å². The molecular formula is C8H19N3O. The molecule has 0 aromatic carbocycles. The predicted octanol–water partition coefficient (Wildman–Crippen LogP) is -0.598. The summed E-state index contributed by atoms with van der Waals surface area (Å²) in [6.45, 7) is 3.40. The second-order valence-electron chi connectivity index (χ2n) is 3.01. The van der Waals surface area contributed by atoms with Crippen molar-refractivity contribution in [3.63, 3.8) is 0 Å². The summed E-state index contributed by atoms with van der Waals surface area (Å²) in [4.78, 5) is 12.9. The van der Waals surface area contributed by atoms with Crippen molar-refractivity contribution in [1.29, 1.82) is 0 Å². The second kappa shape index (κ2) is 5.97. The van der Waals surface area contributed by atoms with Gasteiger partial charge in [-0.1, -0.05) is 0 Å². The Kier molecular flexibility index (Phi) is 5.66. The van der Waals surface area contributed by atoms with Crippen LogP contribution in [0.1, 0.15) is 13.3 Å². The Balaban J connectivity index is 3.57. The van der Waals surface area contributed by atoms with Crippen LogP contribution in [0.3, 0.4) is 0 Å². The van der Waals surface area contributed by atoms with Gasteiger partial charge in [0.1, 0.15) is 0 Å². The Bertz CT molecular complexity index is 136. The Morgan fingerprint density at radius 1 is 1.67 bits per heavy atom. The van der Waals surface area contributed by atoms with Crippen LogP contribution in [0, 0.1) is 0 Å². The molecule has 0 rings (SSSR count). The van der Waals surface area contributed by atoms with E-state index in [-0.39, 0.29) is 11.9 Å². The van der Waals surface area contributed by atoms with E-state index >= 15 is 0 Å². The van der Waals surface area contributed by atoms with Crippen LogP contribution in [0.25, 0.3) is 0 Å². The first kappa shape index (κ1) is 11.4. The highest BCUT2D eigenvalue weighted by molar-refractivity contribution is 5.80. The lowest BCUT2D eigenvalue weighted by Gasteiger charge is -2.18. The van der Waals surface area contributed by atoms with Crippen molar-refractivity contribution in [3.8, 4) is 0 Å². The summed E-state index contributed by atoms with van der Waals surface area (Å²) < 4.78 is 0. The normalized spacial score (nSPS) is 12.7. The maximum absolute atomic E-state index is 11.2. The van der Waals surface area contributed by atoms with Crippen molar-refractivity contribution in [2.75, 3.05) is 27.2 Å². The minimum Gasteiger partial charge on any atom is -0.344 e. The van der Waals surface area contributed by atoms with Gasteiger partial charge in [0.2, 0.25) is 5.91 Å². The molecule has 0 aliphatic rings. The summed E-state index contributed by atoms with van der Waals surface area (Å²) in [5.74, 6) is 0.00565. The summed E-state index contributed by atoms with van der Waals surface area (Å²) >= 11 is 0. The summed E-state index contributed by atoms with van der Waals surface area (Å²) in [7, 11) is 3.68. The van der Waals surface area contributed by atoms with Gasteiger partial charge in [0.05, 0.1) is 6.04 Å². The molecule has 0 bridgehead atoms. The number of carbonyl (C=O) groups is 1. The lowest BCUT2D eigenvalue weighted by molar-refractivity contribution is -0.130. The van der Waals surface area contributed by atoms with Crippen molar-refractivity contribution < 1.29 is 4.79 Å². The van der Waals surface area contributed by atoms with Crippen molar-refractivity contribution in [2.24, 2.45) is 5.73 Å². The highest BCUT2D eigenvalue weighted by Crippen LogP contribution is 1.90. The average molecular weight is 173 g/mol. The summed E-state index contributed by atoms with van der Waals surface area (Å²) in [5, 5.41) is 3.02. The quantitative estimate of drug-likeness (QED) is 0.546. The zero-order chi connectivity index (χ0) is 9.56. The number of nitrogens with two attached hydrogens (primary N) is 1. The highest BCUT2D eigenvalue weighted by atomic mass is 16.2. The minimum atomic E-state index is -0.385. The van der Waals surface area contributed by atoms with Crippen molar-refractivity contribution >= 4 is 5.91 Å². The third kappa shape index (κ3) is 4.31. The molecule has 0 aliphatic heterocycles. The van der Waals surface area contributed by atoms with Crippen LogP contribution in [0.5, 0.6) is 0 Å². The molecule has 1 atom stereocenters. The minimum absolute atomic E-state index is 0.00565. The molecule has 0 aromatic heterocycles. The van der Waals surface area contributed by atoms with E-state index in [0.717, 1.165) is 19.5 Å². The zero-order valence-corrected chi connectivity index (χ0v) is 8.13. The lowest BCUT2D eigenvalue weighted by Crippen LogP contribution is -2.40. The van der Waals surface area contributed by atoms with E-state index in [0.29, 0.717) is 0 Å². The third-order valence-electron chi connectivity index (χ3n) is 1.69. The number of nitrogens with one attached hydrogen (secondary N) is 1. The van der Waals surface area contributed by atoms with Crippen LogP contribution in [-0.2, 0) is 4.79 Å². The Hall–Kier alpha value is -0.610. The van der Waals surface area contributed by atoms with Crippen LogP contribution in [0.2, 0.25) is 0 Å². The fourth-order valence-electron chi connectivity index (χ4n) is 0.951. The lowest BCUT2D eigenvalue weighted by atomic mass is 10.3. The molecule has 0 fully saturated rings. The van der Waals surface area contributed by atoms with Crippen LogP contribution < -0.4 is 11.1 Å². The van der Waals surface area contributed by atoms with E-state index < -0.39 is 0 Å². The van der Waals surface area contributed by atoms with Gasteiger partial charge in [-0.05, 0) is 26.9 Å². The van der Waals surface area contributed by atoms with E-state index in [1.807, 2.05) is 7.05 Å². The zero-order valence-electron chi connectivity index (χ0n) is 8.13. The predicted molar refractivity (Wildman–Crippen MR) is 49.8 cm³/mol. The Labute approximate surface area is 74.1 Å². The first-order valence-corrected chi connectivity index (χ1v) is 4.24. The standard InChI is InChI=1S/C8H19N3O/c1-7(9)8(12)11(3)6-4-5-10-2/h7,10H,4-6,9H2,1-3H3/t7-/m1/s1. The maximum atomic E-state index is 11.2. The smallest absolute Gasteiger partial charge is 0.238 e. The summed E-state index contributed by atoms with van der Waals surface area (Å²) in [6.07, 6.45) is 0.964. The molecule has 1 amide bonds. The fraction of sp³-hybridized carbons (Fsp3) is 0.875. The Morgan fingerprint density at radius 2 is 2.25 bits per heavy atom. The summed E-state index contributed by atoms with van der Waals surface area (Å²) in [5.41, 5.74) is 5.43. The number of amides is 1. The van der Waals surface area contributed by atoms with E-state index in [2.05, 4.69) is 5.32 Å². The first-order valence-electron chi connectivity index (χ1n) is 4.24. The number of hydrogen-bond donors (Lipinski definition) is 2. The topological polar surface area (TPSA) is 58.4 Å². The number of nitrogens with zero attached hydrogens (tertiary/aromatic N) is 1. The van der Waals surface area contributed by atoms with Gasteiger partial charge < -0.3 is 16.0 Å². The number of carbonyl (C=O) groups excluding carboxylic acids is 1. The van der Waals surface area contributed by atoms with E-state index in [9.17, 15) is 4.79 Å². The molecule has 0 aromatic rings. The van der Waals surface area contributed by atoms with E-state index in [4.69, 9.17) is 5.73 Å². The van der Waals surface area contributed by atoms with Crippen molar-refractivity contribution in [1.82, 2.24) is 10.2 Å². The molecule has 4 heteroatoms. The van der Waals surface area contributed by atoms with Gasteiger partial charge in [0.25, 0.3) is 0 Å². The highest BCUT2D eigenvalue weighted by Gasteiger charge is 2.11. The average Bonchev–Trinajstić information content (AvgIpc) is 2.03. The second-order valence-corrected chi connectivity index (χ2v) is 3.01. The molecule has 3 N–H and O–H groups in total. The van der Waals surface area contributed by atoms with Gasteiger partial charge in [-0.25, -0.2) is 0 Å². The van der Waals surface area contributed by atoms with E-state index in [1.165, 1.54) is 0 Å². The van der Waals surface area contributed by atoms with Crippen LogP contribution in [-0.4, -0.2) is 44.0 Å².